The van der Waals surface area contributed by atoms with Crippen LogP contribution in [0.15, 0.2) is 28.4 Å². The summed E-state index contributed by atoms with van der Waals surface area (Å²) in [5.74, 6) is 0.306. The van der Waals surface area contributed by atoms with Crippen LogP contribution in [-0.4, -0.2) is 29.7 Å². The van der Waals surface area contributed by atoms with Gasteiger partial charge in [0.25, 0.3) is 0 Å². The summed E-state index contributed by atoms with van der Waals surface area (Å²) in [4.78, 5) is 14.5. The lowest BCUT2D eigenvalue weighted by molar-refractivity contribution is -0.384. The molecule has 0 saturated heterocycles. The molecule has 0 fully saturated rings. The molecule has 1 aromatic heterocycles. The van der Waals surface area contributed by atoms with E-state index >= 15 is 0 Å². The van der Waals surface area contributed by atoms with Gasteiger partial charge in [-0.3, -0.25) is 10.1 Å². The van der Waals surface area contributed by atoms with E-state index in [1.807, 2.05) is 0 Å². The van der Waals surface area contributed by atoms with Crippen molar-refractivity contribution in [2.75, 3.05) is 25.1 Å². The van der Waals surface area contributed by atoms with Crippen LogP contribution in [0.3, 0.4) is 0 Å². The van der Waals surface area contributed by atoms with Crippen LogP contribution in [0.5, 0.6) is 0 Å². The number of halogens is 1. The van der Waals surface area contributed by atoms with Crippen molar-refractivity contribution in [3.05, 3.63) is 38.5 Å². The molecule has 0 spiro atoms. The molecule has 0 aromatic carbocycles. The van der Waals surface area contributed by atoms with Gasteiger partial charge in [-0.1, -0.05) is 11.6 Å². The maximum absolute atomic E-state index is 10.9. The highest BCUT2D eigenvalue weighted by molar-refractivity contribution is 9.10. The van der Waals surface area contributed by atoms with E-state index < -0.39 is 4.92 Å². The van der Waals surface area contributed by atoms with Gasteiger partial charge in [-0.15, -0.1) is 0 Å². The number of rotatable bonds is 5. The molecule has 0 radical (unpaired) electrons. The third kappa shape index (κ3) is 4.00. The van der Waals surface area contributed by atoms with Crippen LogP contribution < -0.4 is 5.32 Å². The third-order valence-corrected chi connectivity index (χ3v) is 3.26. The molecule has 102 valence electrons. The first-order valence-corrected chi connectivity index (χ1v) is 6.75. The first-order valence-electron chi connectivity index (χ1n) is 5.96. The molecule has 1 aliphatic rings. The molecule has 1 N–H and O–H groups in total. The highest BCUT2D eigenvalue weighted by atomic mass is 79.9. The fraction of sp³-hybridized carbons (Fsp3) is 0.417. The van der Waals surface area contributed by atoms with Crippen LogP contribution in [0, 0.1) is 10.1 Å². The monoisotopic (exact) mass is 327 g/mol. The van der Waals surface area contributed by atoms with Crippen LogP contribution in [-0.2, 0) is 4.74 Å². The second kappa shape index (κ2) is 6.63. The first-order chi connectivity index (χ1) is 9.16. The van der Waals surface area contributed by atoms with Gasteiger partial charge in [0.1, 0.15) is 0 Å². The largest absolute Gasteiger partial charge is 0.377 e. The van der Waals surface area contributed by atoms with Crippen molar-refractivity contribution >= 4 is 27.4 Å². The highest BCUT2D eigenvalue weighted by Crippen LogP contribution is 2.25. The Labute approximate surface area is 119 Å². The molecule has 6 nitrogen and oxygen atoms in total. The lowest BCUT2D eigenvalue weighted by Gasteiger charge is -2.13. The maximum Gasteiger partial charge on any atom is 0.312 e. The Hall–Kier alpha value is -1.47. The smallest absolute Gasteiger partial charge is 0.312 e. The van der Waals surface area contributed by atoms with E-state index in [-0.39, 0.29) is 5.69 Å². The minimum Gasteiger partial charge on any atom is -0.377 e. The zero-order valence-electron chi connectivity index (χ0n) is 10.3. The van der Waals surface area contributed by atoms with Gasteiger partial charge < -0.3 is 10.1 Å². The molecule has 1 aliphatic heterocycles. The summed E-state index contributed by atoms with van der Waals surface area (Å²) in [5.41, 5.74) is 1.30. The molecule has 0 unspecified atom stereocenters. The Bertz CT molecular complexity index is 505. The summed E-state index contributed by atoms with van der Waals surface area (Å²) in [5, 5.41) is 13.9. The summed E-state index contributed by atoms with van der Waals surface area (Å²) in [6.07, 6.45) is 5.38. The predicted octanol–water partition coefficient (Wildman–Crippen LogP) is 2.90. The van der Waals surface area contributed by atoms with E-state index in [2.05, 4.69) is 32.3 Å². The number of hydrogen-bond donors (Lipinski definition) is 1. The Balaban J connectivity index is 1.95. The van der Waals surface area contributed by atoms with Gasteiger partial charge in [-0.2, -0.15) is 0 Å². The number of nitro groups is 1. The van der Waals surface area contributed by atoms with Gasteiger partial charge in [0, 0.05) is 23.3 Å². The molecule has 19 heavy (non-hydrogen) atoms. The number of anilines is 1. The minimum absolute atomic E-state index is 0.0182. The van der Waals surface area contributed by atoms with Crippen molar-refractivity contribution in [1.82, 2.24) is 4.98 Å². The summed E-state index contributed by atoms with van der Waals surface area (Å²) in [6.45, 7) is 2.04. The Morgan fingerprint density at radius 3 is 3.11 bits per heavy atom. The quantitative estimate of drug-likeness (QED) is 0.511. The number of hydrogen-bond acceptors (Lipinski definition) is 5. The van der Waals surface area contributed by atoms with Crippen LogP contribution in [0.4, 0.5) is 11.5 Å². The van der Waals surface area contributed by atoms with Gasteiger partial charge in [0.2, 0.25) is 5.82 Å². The van der Waals surface area contributed by atoms with Gasteiger partial charge in [-0.05, 0) is 28.8 Å². The summed E-state index contributed by atoms with van der Waals surface area (Å²) >= 11 is 3.18. The van der Waals surface area contributed by atoms with Gasteiger partial charge in [-0.25, -0.2) is 4.98 Å². The normalized spacial score (nSPS) is 14.9. The van der Waals surface area contributed by atoms with E-state index in [9.17, 15) is 10.1 Å². The lowest BCUT2D eigenvalue weighted by Crippen LogP contribution is -2.10. The average Bonchev–Trinajstić information content (AvgIpc) is 2.41. The van der Waals surface area contributed by atoms with Crippen molar-refractivity contribution in [3.63, 3.8) is 0 Å². The van der Waals surface area contributed by atoms with Crippen LogP contribution in [0.1, 0.15) is 12.8 Å². The van der Waals surface area contributed by atoms with E-state index in [4.69, 9.17) is 4.74 Å². The van der Waals surface area contributed by atoms with E-state index in [1.54, 1.807) is 6.20 Å². The van der Waals surface area contributed by atoms with Crippen LogP contribution >= 0.6 is 15.9 Å². The number of aromatic nitrogens is 1. The van der Waals surface area contributed by atoms with E-state index in [1.165, 1.54) is 11.6 Å². The maximum atomic E-state index is 10.9. The van der Waals surface area contributed by atoms with Crippen LogP contribution in [0.25, 0.3) is 0 Å². The first kappa shape index (κ1) is 14.0. The fourth-order valence-corrected chi connectivity index (χ4v) is 2.16. The molecule has 2 heterocycles. The molecule has 7 heteroatoms. The standard InChI is InChI=1S/C12H14BrN3O3/c13-10-7-11(16(17)18)12(15-8-10)14-4-1-9-2-5-19-6-3-9/h2,7-8H,1,3-6H2,(H,14,15). The van der Waals surface area contributed by atoms with Crippen molar-refractivity contribution in [2.45, 2.75) is 12.8 Å². The Morgan fingerprint density at radius 2 is 2.42 bits per heavy atom. The molecule has 0 saturated carbocycles. The van der Waals surface area contributed by atoms with Crippen molar-refractivity contribution in [2.24, 2.45) is 0 Å². The molecule has 0 amide bonds. The third-order valence-electron chi connectivity index (χ3n) is 2.83. The second-order valence-corrected chi connectivity index (χ2v) is 5.06. The molecule has 0 aliphatic carbocycles. The molecule has 0 bridgehead atoms. The van der Waals surface area contributed by atoms with E-state index in [0.29, 0.717) is 23.4 Å². The molecular weight excluding hydrogens is 314 g/mol. The second-order valence-electron chi connectivity index (χ2n) is 4.14. The van der Waals surface area contributed by atoms with Crippen molar-refractivity contribution in [1.29, 1.82) is 0 Å². The van der Waals surface area contributed by atoms with Gasteiger partial charge in [0.05, 0.1) is 18.1 Å². The zero-order chi connectivity index (χ0) is 13.7. The molecular formula is C12H14BrN3O3. The molecule has 0 atom stereocenters. The summed E-state index contributed by atoms with van der Waals surface area (Å²) < 4.78 is 5.82. The number of pyridine rings is 1. The summed E-state index contributed by atoms with van der Waals surface area (Å²) in [6, 6.07) is 1.45. The molecule has 2 rings (SSSR count). The Morgan fingerprint density at radius 1 is 1.58 bits per heavy atom. The van der Waals surface area contributed by atoms with Crippen molar-refractivity contribution in [3.8, 4) is 0 Å². The summed E-state index contributed by atoms with van der Waals surface area (Å²) in [7, 11) is 0. The van der Waals surface area contributed by atoms with Crippen molar-refractivity contribution < 1.29 is 9.66 Å². The fourth-order valence-electron chi connectivity index (χ4n) is 1.84. The number of ether oxygens (including phenoxy) is 1. The number of nitrogens with one attached hydrogen (secondary N) is 1. The minimum atomic E-state index is -0.437. The predicted molar refractivity (Wildman–Crippen MR) is 75.2 cm³/mol. The molecule has 1 aromatic rings. The van der Waals surface area contributed by atoms with Crippen LogP contribution in [0.2, 0.25) is 0 Å². The highest BCUT2D eigenvalue weighted by Gasteiger charge is 2.15. The topological polar surface area (TPSA) is 77.3 Å². The zero-order valence-corrected chi connectivity index (χ0v) is 11.9. The van der Waals surface area contributed by atoms with E-state index in [0.717, 1.165) is 19.4 Å². The Kier molecular flexibility index (Phi) is 4.86. The SMILES string of the molecule is O=[N+]([O-])c1cc(Br)cnc1NCCC1=CCOCC1. The lowest BCUT2D eigenvalue weighted by atomic mass is 10.1. The van der Waals surface area contributed by atoms with Gasteiger partial charge in [0.15, 0.2) is 0 Å². The average molecular weight is 328 g/mol. The number of nitrogens with zero attached hydrogens (tertiary/aromatic N) is 2. The van der Waals surface area contributed by atoms with Gasteiger partial charge >= 0.3 is 5.69 Å².